The summed E-state index contributed by atoms with van der Waals surface area (Å²) in [5, 5.41) is 0.917. The van der Waals surface area contributed by atoms with Gasteiger partial charge in [-0.25, -0.2) is 4.79 Å². The Morgan fingerprint density at radius 1 is 1.08 bits per heavy atom. The fourth-order valence-electron chi connectivity index (χ4n) is 2.58. The van der Waals surface area contributed by atoms with E-state index in [2.05, 4.69) is 4.98 Å². The molecule has 0 unspecified atom stereocenters. The molecule has 0 fully saturated rings. The Kier molecular flexibility index (Phi) is 4.84. The van der Waals surface area contributed by atoms with Crippen molar-refractivity contribution in [2.45, 2.75) is 20.0 Å². The number of rotatable bonds is 6. The normalized spacial score (nSPS) is 11.9. The monoisotopic (exact) mass is 337 g/mol. The molecule has 2 aromatic carbocycles. The number of carbonyl (C=O) groups is 2. The van der Waals surface area contributed by atoms with E-state index in [1.807, 2.05) is 31.2 Å². The van der Waals surface area contributed by atoms with Gasteiger partial charge in [0, 0.05) is 16.5 Å². The number of H-pyrrole nitrogens is 1. The summed E-state index contributed by atoms with van der Waals surface area (Å²) in [6.07, 6.45) is -0.878. The number of hydrogen-bond acceptors (Lipinski definition) is 4. The van der Waals surface area contributed by atoms with Crippen LogP contribution in [0.5, 0.6) is 5.75 Å². The van der Waals surface area contributed by atoms with Gasteiger partial charge in [-0.2, -0.15) is 0 Å². The van der Waals surface area contributed by atoms with E-state index < -0.39 is 12.1 Å². The van der Waals surface area contributed by atoms with E-state index in [4.69, 9.17) is 9.47 Å². The Bertz CT molecular complexity index is 862. The molecule has 0 bridgehead atoms. The van der Waals surface area contributed by atoms with Crippen molar-refractivity contribution in [3.8, 4) is 5.75 Å². The number of fused-ring (bicyclic) bond motifs is 1. The predicted octanol–water partition coefficient (Wildman–Crippen LogP) is 3.99. The molecule has 1 aromatic heterocycles. The molecule has 25 heavy (non-hydrogen) atoms. The van der Waals surface area contributed by atoms with Gasteiger partial charge in [0.1, 0.15) is 11.4 Å². The van der Waals surface area contributed by atoms with Crippen molar-refractivity contribution in [1.82, 2.24) is 4.98 Å². The van der Waals surface area contributed by atoms with Crippen LogP contribution in [0.25, 0.3) is 10.9 Å². The summed E-state index contributed by atoms with van der Waals surface area (Å²) < 4.78 is 10.7. The molecule has 1 heterocycles. The number of nitrogens with one attached hydrogen (secondary N) is 1. The van der Waals surface area contributed by atoms with Crippen molar-refractivity contribution in [2.24, 2.45) is 0 Å². The van der Waals surface area contributed by atoms with Crippen LogP contribution in [-0.4, -0.2) is 29.4 Å². The van der Waals surface area contributed by atoms with Gasteiger partial charge in [-0.3, -0.25) is 4.79 Å². The summed E-state index contributed by atoms with van der Waals surface area (Å²) in [5.41, 5.74) is 1.65. The van der Waals surface area contributed by atoms with Gasteiger partial charge < -0.3 is 14.5 Å². The highest BCUT2D eigenvalue weighted by molar-refractivity contribution is 6.02. The maximum Gasteiger partial charge on any atom is 0.355 e. The van der Waals surface area contributed by atoms with E-state index in [-0.39, 0.29) is 5.78 Å². The lowest BCUT2D eigenvalue weighted by atomic mass is 10.1. The van der Waals surface area contributed by atoms with Gasteiger partial charge in [0.15, 0.2) is 6.10 Å². The summed E-state index contributed by atoms with van der Waals surface area (Å²) in [6, 6.07) is 16.0. The van der Waals surface area contributed by atoms with Crippen molar-refractivity contribution in [1.29, 1.82) is 0 Å². The van der Waals surface area contributed by atoms with Crippen LogP contribution >= 0.6 is 0 Å². The topological polar surface area (TPSA) is 68.4 Å². The second-order valence-electron chi connectivity index (χ2n) is 5.64. The standard InChI is InChI=1S/C20H19NO4/c1-3-24-16-10-8-14(9-11-16)19(22)13(2)25-20(23)18-12-15-6-4-5-7-17(15)21-18/h4-13,21H,3H2,1-2H3/t13-/m0/s1. The second-order valence-corrected chi connectivity index (χ2v) is 5.64. The zero-order valence-corrected chi connectivity index (χ0v) is 14.1. The molecule has 0 aliphatic carbocycles. The molecule has 0 saturated heterocycles. The maximum absolute atomic E-state index is 12.4. The third kappa shape index (κ3) is 3.71. The van der Waals surface area contributed by atoms with Gasteiger partial charge in [0.25, 0.3) is 0 Å². The van der Waals surface area contributed by atoms with Crippen molar-refractivity contribution < 1.29 is 19.1 Å². The van der Waals surface area contributed by atoms with Crippen LogP contribution < -0.4 is 4.74 Å². The van der Waals surface area contributed by atoms with Crippen LogP contribution in [0.1, 0.15) is 34.7 Å². The summed E-state index contributed by atoms with van der Waals surface area (Å²) >= 11 is 0. The molecular formula is C20H19NO4. The molecule has 5 nitrogen and oxygen atoms in total. The number of ether oxygens (including phenoxy) is 2. The van der Waals surface area contributed by atoms with Crippen LogP contribution in [0.3, 0.4) is 0 Å². The Balaban J connectivity index is 1.68. The van der Waals surface area contributed by atoms with Gasteiger partial charge in [-0.15, -0.1) is 0 Å². The number of hydrogen-bond donors (Lipinski definition) is 1. The smallest absolute Gasteiger partial charge is 0.355 e. The lowest BCUT2D eigenvalue weighted by Gasteiger charge is -2.12. The minimum absolute atomic E-state index is 0.257. The van der Waals surface area contributed by atoms with Crippen molar-refractivity contribution in [3.63, 3.8) is 0 Å². The molecule has 5 heteroatoms. The largest absolute Gasteiger partial charge is 0.494 e. The first-order valence-corrected chi connectivity index (χ1v) is 8.14. The molecule has 3 aromatic rings. The lowest BCUT2D eigenvalue weighted by Crippen LogP contribution is -2.24. The molecule has 1 N–H and O–H groups in total. The number of ketones is 1. The van der Waals surface area contributed by atoms with Crippen LogP contribution in [0.2, 0.25) is 0 Å². The van der Waals surface area contributed by atoms with Gasteiger partial charge in [-0.05, 0) is 50.2 Å². The Labute approximate surface area is 145 Å². The maximum atomic E-state index is 12.4. The third-order valence-corrected chi connectivity index (χ3v) is 3.85. The number of benzene rings is 2. The minimum Gasteiger partial charge on any atom is -0.494 e. The van der Waals surface area contributed by atoms with Crippen molar-refractivity contribution in [3.05, 3.63) is 65.9 Å². The molecular weight excluding hydrogens is 318 g/mol. The van der Waals surface area contributed by atoms with Gasteiger partial charge in [0.2, 0.25) is 5.78 Å². The van der Waals surface area contributed by atoms with Crippen LogP contribution in [-0.2, 0) is 4.74 Å². The van der Waals surface area contributed by atoms with Gasteiger partial charge >= 0.3 is 5.97 Å². The highest BCUT2D eigenvalue weighted by Gasteiger charge is 2.21. The Hall–Kier alpha value is -3.08. The summed E-state index contributed by atoms with van der Waals surface area (Å²) in [7, 11) is 0. The number of esters is 1. The predicted molar refractivity (Wildman–Crippen MR) is 95.1 cm³/mol. The third-order valence-electron chi connectivity index (χ3n) is 3.85. The van der Waals surface area contributed by atoms with Gasteiger partial charge in [0.05, 0.1) is 6.61 Å². The molecule has 0 saturated carbocycles. The zero-order valence-electron chi connectivity index (χ0n) is 14.1. The first-order valence-electron chi connectivity index (χ1n) is 8.14. The van der Waals surface area contributed by atoms with E-state index in [0.717, 1.165) is 10.9 Å². The fourth-order valence-corrected chi connectivity index (χ4v) is 2.58. The summed E-state index contributed by atoms with van der Waals surface area (Å²) in [4.78, 5) is 27.7. The number of para-hydroxylation sites is 1. The number of aromatic amines is 1. The number of aromatic nitrogens is 1. The second kappa shape index (κ2) is 7.21. The van der Waals surface area contributed by atoms with E-state index in [1.54, 1.807) is 37.3 Å². The summed E-state index contributed by atoms with van der Waals surface area (Å²) in [5.74, 6) is -0.114. The Morgan fingerprint density at radius 3 is 2.48 bits per heavy atom. The van der Waals surface area contributed by atoms with Crippen LogP contribution in [0, 0.1) is 0 Å². The highest BCUT2D eigenvalue weighted by atomic mass is 16.5. The number of Topliss-reactive ketones (excluding diaryl/α,β-unsaturated/α-hetero) is 1. The molecule has 0 aliphatic rings. The average Bonchev–Trinajstić information content (AvgIpc) is 3.06. The first-order chi connectivity index (χ1) is 12.1. The molecule has 0 spiro atoms. The minimum atomic E-state index is -0.878. The van der Waals surface area contributed by atoms with Crippen molar-refractivity contribution in [2.75, 3.05) is 6.61 Å². The molecule has 0 aliphatic heterocycles. The number of carbonyl (C=O) groups excluding carboxylic acids is 2. The average molecular weight is 337 g/mol. The zero-order chi connectivity index (χ0) is 17.8. The van der Waals surface area contributed by atoms with E-state index in [1.165, 1.54) is 0 Å². The first kappa shape index (κ1) is 16.8. The summed E-state index contributed by atoms with van der Waals surface area (Å²) in [6.45, 7) is 4.02. The van der Waals surface area contributed by atoms with E-state index in [9.17, 15) is 9.59 Å². The molecule has 1 atom stereocenters. The molecule has 128 valence electrons. The molecule has 0 amide bonds. The van der Waals surface area contributed by atoms with E-state index >= 15 is 0 Å². The van der Waals surface area contributed by atoms with Crippen LogP contribution in [0.4, 0.5) is 0 Å². The van der Waals surface area contributed by atoms with Crippen molar-refractivity contribution >= 4 is 22.7 Å². The quantitative estimate of drug-likeness (QED) is 0.545. The SMILES string of the molecule is CCOc1ccc(C(=O)[C@H](C)OC(=O)c2cc3ccccc3[nH]2)cc1. The lowest BCUT2D eigenvalue weighted by molar-refractivity contribution is 0.0314. The molecule has 0 radical (unpaired) electrons. The Morgan fingerprint density at radius 2 is 1.80 bits per heavy atom. The van der Waals surface area contributed by atoms with E-state index in [0.29, 0.717) is 23.6 Å². The fraction of sp³-hybridized carbons (Fsp3) is 0.200. The van der Waals surface area contributed by atoms with Crippen LogP contribution in [0.15, 0.2) is 54.6 Å². The van der Waals surface area contributed by atoms with Gasteiger partial charge in [-0.1, -0.05) is 18.2 Å². The molecule has 3 rings (SSSR count). The highest BCUT2D eigenvalue weighted by Crippen LogP contribution is 2.17.